The smallest absolute Gasteiger partial charge is 0.306 e. The molecule has 0 atom stereocenters. The number of carbonyl (C=O) groups is 1. The average molecular weight is 461 g/mol. The number of halogens is 2. The lowest BCUT2D eigenvalue weighted by Crippen LogP contribution is -2.27. The number of fused-ring (bicyclic) bond motifs is 1. The Balaban J connectivity index is 2.23. The van der Waals surface area contributed by atoms with Gasteiger partial charge >= 0.3 is 5.97 Å². The van der Waals surface area contributed by atoms with Crippen molar-refractivity contribution in [3.8, 4) is 0 Å². The third-order valence-corrected chi connectivity index (χ3v) is 4.64. The highest BCUT2D eigenvalue weighted by atomic mass is 127. The number of ether oxygens (including phenoxy) is 1. The summed E-state index contributed by atoms with van der Waals surface area (Å²) in [5, 5.41) is 1.01. The fraction of sp³-hybridized carbons (Fsp3) is 0.500. The zero-order chi connectivity index (χ0) is 17.7. The van der Waals surface area contributed by atoms with E-state index in [0.717, 1.165) is 40.2 Å². The SMILES string of the molecule is CCCCCCC(=O)OC(C)(C)c1nc(Cl)nc2ccc(I)cc12. The van der Waals surface area contributed by atoms with Crippen molar-refractivity contribution in [2.45, 2.75) is 58.5 Å². The summed E-state index contributed by atoms with van der Waals surface area (Å²) in [7, 11) is 0. The molecule has 0 N–H and O–H groups in total. The largest absolute Gasteiger partial charge is 0.453 e. The number of hydrogen-bond acceptors (Lipinski definition) is 4. The summed E-state index contributed by atoms with van der Waals surface area (Å²) in [5.74, 6) is -0.204. The Bertz CT molecular complexity index is 734. The molecule has 0 fully saturated rings. The quantitative estimate of drug-likeness (QED) is 0.232. The van der Waals surface area contributed by atoms with Gasteiger partial charge < -0.3 is 4.74 Å². The Kier molecular flexibility index (Phi) is 6.80. The summed E-state index contributed by atoms with van der Waals surface area (Å²) in [4.78, 5) is 20.8. The lowest BCUT2D eigenvalue weighted by atomic mass is 9.99. The molecule has 130 valence electrons. The third kappa shape index (κ3) is 5.02. The molecule has 1 heterocycles. The first-order valence-electron chi connectivity index (χ1n) is 8.18. The molecule has 1 aromatic heterocycles. The molecule has 0 radical (unpaired) electrons. The summed E-state index contributed by atoms with van der Waals surface area (Å²) >= 11 is 8.30. The van der Waals surface area contributed by atoms with E-state index in [-0.39, 0.29) is 11.3 Å². The topological polar surface area (TPSA) is 52.1 Å². The predicted molar refractivity (Wildman–Crippen MR) is 105 cm³/mol. The van der Waals surface area contributed by atoms with Gasteiger partial charge in [-0.3, -0.25) is 4.79 Å². The van der Waals surface area contributed by atoms with E-state index in [1.54, 1.807) is 0 Å². The van der Waals surface area contributed by atoms with Gasteiger partial charge in [-0.2, -0.15) is 0 Å². The van der Waals surface area contributed by atoms with Gasteiger partial charge in [0, 0.05) is 15.4 Å². The van der Waals surface area contributed by atoms with Crippen LogP contribution in [0.1, 0.15) is 58.6 Å². The maximum atomic E-state index is 12.2. The van der Waals surface area contributed by atoms with Crippen LogP contribution in [0.25, 0.3) is 10.9 Å². The number of unbranched alkanes of at least 4 members (excludes halogenated alkanes) is 3. The summed E-state index contributed by atoms with van der Waals surface area (Å²) in [5.41, 5.74) is 0.521. The molecule has 0 bridgehead atoms. The zero-order valence-corrected chi connectivity index (χ0v) is 17.1. The van der Waals surface area contributed by atoms with Gasteiger partial charge in [0.1, 0.15) is 5.60 Å². The van der Waals surface area contributed by atoms with Crippen LogP contribution >= 0.6 is 34.2 Å². The van der Waals surface area contributed by atoms with Crippen molar-refractivity contribution < 1.29 is 9.53 Å². The van der Waals surface area contributed by atoms with Gasteiger partial charge in [0.2, 0.25) is 5.28 Å². The Morgan fingerprint density at radius 1 is 1.25 bits per heavy atom. The lowest BCUT2D eigenvalue weighted by molar-refractivity contribution is -0.157. The van der Waals surface area contributed by atoms with Crippen LogP contribution in [0.4, 0.5) is 0 Å². The lowest BCUT2D eigenvalue weighted by Gasteiger charge is -2.26. The molecule has 0 aliphatic rings. The van der Waals surface area contributed by atoms with Crippen molar-refractivity contribution in [3.63, 3.8) is 0 Å². The number of aromatic nitrogens is 2. The van der Waals surface area contributed by atoms with E-state index in [1.807, 2.05) is 32.0 Å². The monoisotopic (exact) mass is 460 g/mol. The maximum Gasteiger partial charge on any atom is 0.306 e. The standard InChI is InChI=1S/C18H22ClIN2O2/c1-4-5-6-7-8-15(23)24-18(2,3)16-13-11-12(20)9-10-14(13)21-17(19)22-16/h9-11H,4-8H2,1-3H3. The van der Waals surface area contributed by atoms with Crippen molar-refractivity contribution in [2.75, 3.05) is 0 Å². The minimum Gasteiger partial charge on any atom is -0.453 e. The third-order valence-electron chi connectivity index (χ3n) is 3.80. The fourth-order valence-corrected chi connectivity index (χ4v) is 3.28. The van der Waals surface area contributed by atoms with Crippen molar-refractivity contribution in [3.05, 3.63) is 32.7 Å². The van der Waals surface area contributed by atoms with Crippen molar-refractivity contribution in [1.29, 1.82) is 0 Å². The number of nitrogens with zero attached hydrogens (tertiary/aromatic N) is 2. The Hall–Kier alpha value is -0.950. The van der Waals surface area contributed by atoms with Gasteiger partial charge in [-0.1, -0.05) is 26.2 Å². The van der Waals surface area contributed by atoms with E-state index < -0.39 is 5.60 Å². The van der Waals surface area contributed by atoms with E-state index in [2.05, 4.69) is 39.5 Å². The maximum absolute atomic E-state index is 12.2. The first-order chi connectivity index (χ1) is 11.3. The Morgan fingerprint density at radius 2 is 2.00 bits per heavy atom. The van der Waals surface area contributed by atoms with Crippen LogP contribution in [0.5, 0.6) is 0 Å². The van der Waals surface area contributed by atoms with Gasteiger partial charge in [0.25, 0.3) is 0 Å². The average Bonchev–Trinajstić information content (AvgIpc) is 2.50. The number of esters is 1. The van der Waals surface area contributed by atoms with E-state index >= 15 is 0 Å². The number of hydrogen-bond donors (Lipinski definition) is 0. The molecular formula is C18H22ClIN2O2. The first-order valence-corrected chi connectivity index (χ1v) is 9.64. The summed E-state index contributed by atoms with van der Waals surface area (Å²) in [6.07, 6.45) is 4.61. The van der Waals surface area contributed by atoms with Gasteiger partial charge in [-0.15, -0.1) is 0 Å². The molecule has 0 saturated heterocycles. The molecule has 2 rings (SSSR count). The van der Waals surface area contributed by atoms with Crippen molar-refractivity contribution in [2.24, 2.45) is 0 Å². The minimum atomic E-state index is -0.864. The Labute approximate surface area is 161 Å². The number of carbonyl (C=O) groups excluding carboxylic acids is 1. The van der Waals surface area contributed by atoms with Gasteiger partial charge in [-0.25, -0.2) is 9.97 Å². The molecule has 2 aromatic rings. The number of benzene rings is 1. The van der Waals surface area contributed by atoms with Crippen LogP contribution in [-0.4, -0.2) is 15.9 Å². The minimum absolute atomic E-state index is 0.158. The van der Waals surface area contributed by atoms with Gasteiger partial charge in [-0.05, 0) is 72.7 Å². The first kappa shape index (κ1) is 19.4. The highest BCUT2D eigenvalue weighted by molar-refractivity contribution is 14.1. The molecule has 0 amide bonds. The van der Waals surface area contributed by atoms with Crippen LogP contribution in [0.3, 0.4) is 0 Å². The van der Waals surface area contributed by atoms with Gasteiger partial charge in [0.15, 0.2) is 0 Å². The molecule has 0 spiro atoms. The van der Waals surface area contributed by atoms with Crippen molar-refractivity contribution >= 4 is 51.1 Å². The van der Waals surface area contributed by atoms with Crippen LogP contribution in [0, 0.1) is 3.57 Å². The highest BCUT2D eigenvalue weighted by Crippen LogP contribution is 2.31. The van der Waals surface area contributed by atoms with E-state index in [9.17, 15) is 4.79 Å². The van der Waals surface area contributed by atoms with Crippen LogP contribution in [0.15, 0.2) is 18.2 Å². The summed E-state index contributed by atoms with van der Waals surface area (Å²) in [6.45, 7) is 5.83. The summed E-state index contributed by atoms with van der Waals surface area (Å²) in [6, 6.07) is 5.85. The number of rotatable bonds is 7. The normalized spacial score (nSPS) is 11.7. The molecule has 1 aromatic carbocycles. The predicted octanol–water partition coefficient (Wildman–Crippen LogP) is 5.64. The van der Waals surface area contributed by atoms with E-state index in [0.29, 0.717) is 12.1 Å². The zero-order valence-electron chi connectivity index (χ0n) is 14.2. The van der Waals surface area contributed by atoms with Crippen molar-refractivity contribution in [1.82, 2.24) is 9.97 Å². The molecule has 24 heavy (non-hydrogen) atoms. The second-order valence-electron chi connectivity index (χ2n) is 6.30. The molecule has 4 nitrogen and oxygen atoms in total. The van der Waals surface area contributed by atoms with Crippen LogP contribution < -0.4 is 0 Å². The van der Waals surface area contributed by atoms with Crippen LogP contribution in [0.2, 0.25) is 5.28 Å². The highest BCUT2D eigenvalue weighted by Gasteiger charge is 2.30. The molecule has 0 aliphatic heterocycles. The molecule has 0 aliphatic carbocycles. The summed E-state index contributed by atoms with van der Waals surface area (Å²) < 4.78 is 6.78. The molecule has 0 unspecified atom stereocenters. The fourth-order valence-electron chi connectivity index (χ4n) is 2.61. The second kappa shape index (κ2) is 8.43. The Morgan fingerprint density at radius 3 is 2.71 bits per heavy atom. The molecular weight excluding hydrogens is 439 g/mol. The van der Waals surface area contributed by atoms with Gasteiger partial charge in [0.05, 0.1) is 11.2 Å². The molecule has 0 saturated carbocycles. The van der Waals surface area contributed by atoms with E-state index in [4.69, 9.17) is 16.3 Å². The second-order valence-corrected chi connectivity index (χ2v) is 7.88. The van der Waals surface area contributed by atoms with Crippen LogP contribution in [-0.2, 0) is 15.1 Å². The molecule has 6 heteroatoms. The van der Waals surface area contributed by atoms with E-state index in [1.165, 1.54) is 0 Å².